The van der Waals surface area contributed by atoms with E-state index < -0.39 is 20.3 Å². The predicted octanol–water partition coefficient (Wildman–Crippen LogP) is 8.59. The van der Waals surface area contributed by atoms with E-state index in [-0.39, 0.29) is 24.8 Å². The summed E-state index contributed by atoms with van der Waals surface area (Å²) in [7, 11) is 0. The maximum atomic E-state index is 2.70. The van der Waals surface area contributed by atoms with E-state index in [4.69, 9.17) is 0 Å². The minimum Gasteiger partial charge on any atom is -1.00 e. The average Bonchev–Trinajstić information content (AvgIpc) is 3.70. The Labute approximate surface area is 334 Å². The van der Waals surface area contributed by atoms with Gasteiger partial charge in [-0.1, -0.05) is 0 Å². The molecule has 0 nitrogen and oxygen atoms in total. The van der Waals surface area contributed by atoms with Crippen molar-refractivity contribution in [3.63, 3.8) is 0 Å². The molecular weight excluding hydrogens is 763 g/mol. The topological polar surface area (TPSA) is 0 Å². The minimum absolute atomic E-state index is 0. The zero-order chi connectivity index (χ0) is 35.3. The minimum atomic E-state index is -2.96. The van der Waals surface area contributed by atoms with Crippen LogP contribution in [0, 0.1) is 41.5 Å². The van der Waals surface area contributed by atoms with Crippen LogP contribution >= 0.6 is 0 Å². The van der Waals surface area contributed by atoms with E-state index in [0.717, 1.165) is 12.8 Å². The van der Waals surface area contributed by atoms with E-state index in [1.165, 1.54) is 74.3 Å². The van der Waals surface area contributed by atoms with Gasteiger partial charge < -0.3 is 24.8 Å². The molecule has 0 saturated carbocycles. The van der Waals surface area contributed by atoms with Gasteiger partial charge in [-0.15, -0.1) is 0 Å². The number of benzene rings is 6. The van der Waals surface area contributed by atoms with E-state index in [2.05, 4.69) is 152 Å². The van der Waals surface area contributed by atoms with Crippen LogP contribution in [-0.4, -0.2) is 0 Å². The van der Waals surface area contributed by atoms with E-state index in [1.54, 1.807) is 44.5 Å². The van der Waals surface area contributed by atoms with Crippen LogP contribution in [-0.2, 0) is 20.3 Å². The number of halogens is 2. The fourth-order valence-electron chi connectivity index (χ4n) is 10.8. The van der Waals surface area contributed by atoms with Crippen LogP contribution in [0.3, 0.4) is 0 Å². The van der Waals surface area contributed by atoms with E-state index in [1.807, 2.05) is 0 Å². The number of rotatable bonds is 6. The van der Waals surface area contributed by atoms with Crippen LogP contribution in [0.15, 0.2) is 96.1 Å². The second-order valence-corrected chi connectivity index (χ2v) is 27.3. The van der Waals surface area contributed by atoms with Gasteiger partial charge in [0.05, 0.1) is 0 Å². The molecule has 2 aliphatic carbocycles. The molecule has 1 heterocycles. The fraction of sp³-hybridized carbons (Fsp3) is 0.280. The smallest absolute Gasteiger partial charge is 1.00 e. The van der Waals surface area contributed by atoms with Crippen LogP contribution in [0.25, 0.3) is 56.0 Å². The Balaban J connectivity index is 0.00000218. The van der Waals surface area contributed by atoms with Crippen LogP contribution in [0.1, 0.15) is 89.6 Å². The summed E-state index contributed by atoms with van der Waals surface area (Å²) in [4.78, 5) is 0. The van der Waals surface area contributed by atoms with Crippen molar-refractivity contribution in [2.45, 2.75) is 83.7 Å². The van der Waals surface area contributed by atoms with E-state index in [0.29, 0.717) is 7.25 Å². The first-order valence-electron chi connectivity index (χ1n) is 19.4. The van der Waals surface area contributed by atoms with Gasteiger partial charge in [-0.2, -0.15) is 0 Å². The average molecular weight is 813 g/mol. The van der Waals surface area contributed by atoms with Crippen molar-refractivity contribution in [1.82, 2.24) is 0 Å². The van der Waals surface area contributed by atoms with Crippen molar-refractivity contribution in [1.29, 1.82) is 0 Å². The monoisotopic (exact) mass is 810 g/mol. The van der Waals surface area contributed by atoms with E-state index in [9.17, 15) is 0 Å². The van der Waals surface area contributed by atoms with Crippen molar-refractivity contribution < 1.29 is 45.1 Å². The summed E-state index contributed by atoms with van der Waals surface area (Å²) in [6.45, 7) is 19.4. The van der Waals surface area contributed by atoms with Gasteiger partial charge in [0.1, 0.15) is 0 Å². The first-order valence-corrected chi connectivity index (χ1v) is 25.7. The molecule has 1 aliphatic heterocycles. The third kappa shape index (κ3) is 5.46. The first-order chi connectivity index (χ1) is 24.7. The molecule has 6 aromatic carbocycles. The molecule has 53 heavy (non-hydrogen) atoms. The van der Waals surface area contributed by atoms with Crippen molar-refractivity contribution in [3.05, 3.63) is 152 Å². The Morgan fingerprint density at radius 3 is 1.23 bits per heavy atom. The molecule has 3 heteroatoms. The summed E-state index contributed by atoms with van der Waals surface area (Å²) in [6, 6.07) is 31.8. The molecule has 0 aromatic heterocycles. The van der Waals surface area contributed by atoms with Crippen molar-refractivity contribution in [2.75, 3.05) is 0 Å². The molecule has 6 aromatic rings. The molecule has 0 N–H and O–H groups in total. The Hall–Kier alpha value is -3.22. The fourth-order valence-corrected chi connectivity index (χ4v) is 29.0. The van der Waals surface area contributed by atoms with Crippen molar-refractivity contribution >= 4 is 33.7 Å². The number of allylic oxidation sites excluding steroid dienone is 2. The summed E-state index contributed by atoms with van der Waals surface area (Å²) in [5.41, 5.74) is 24.8. The third-order valence-corrected chi connectivity index (χ3v) is 26.8. The molecule has 9 rings (SSSR count). The molecule has 0 spiro atoms. The van der Waals surface area contributed by atoms with Gasteiger partial charge in [-0.3, -0.25) is 0 Å². The van der Waals surface area contributed by atoms with Crippen LogP contribution in [0.5, 0.6) is 0 Å². The molecule has 1 fully saturated rings. The Bertz CT molecular complexity index is 2350. The van der Waals surface area contributed by atoms with Crippen molar-refractivity contribution in [2.24, 2.45) is 0 Å². The molecule has 268 valence electrons. The quantitative estimate of drug-likeness (QED) is 0.158. The Morgan fingerprint density at radius 1 is 0.472 bits per heavy atom. The van der Waals surface area contributed by atoms with Gasteiger partial charge in [0.25, 0.3) is 0 Å². The normalized spacial score (nSPS) is 17.3. The first kappa shape index (κ1) is 38.1. The van der Waals surface area contributed by atoms with Gasteiger partial charge in [-0.25, -0.2) is 0 Å². The predicted molar refractivity (Wildman–Crippen MR) is 219 cm³/mol. The zero-order valence-electron chi connectivity index (χ0n) is 32.5. The van der Waals surface area contributed by atoms with Gasteiger partial charge in [-0.05, 0) is 0 Å². The molecule has 0 bridgehead atoms. The third-order valence-electron chi connectivity index (χ3n) is 13.8. The Kier molecular flexibility index (Phi) is 10.2. The molecule has 0 amide bonds. The van der Waals surface area contributed by atoms with Crippen LogP contribution in [0.4, 0.5) is 0 Å². The van der Waals surface area contributed by atoms with Crippen LogP contribution in [0.2, 0.25) is 8.26 Å². The molecule has 3 aliphatic rings. The Morgan fingerprint density at radius 2 is 0.849 bits per heavy atom. The van der Waals surface area contributed by atoms with Gasteiger partial charge in [0.15, 0.2) is 0 Å². The van der Waals surface area contributed by atoms with Gasteiger partial charge >= 0.3 is 312 Å². The molecule has 0 radical (unpaired) electrons. The maximum Gasteiger partial charge on any atom is -1.00 e. The molecule has 1 saturated heterocycles. The SMILES string of the molecule is CCC1=Cc2c(-c3cccc4ccccc34)c(C)c(C)c(C)c2[CH]1[Zr+2]1([CH]2C(CC)=Cc3c(-c4cccc5ccccc45)c(C)c(C)c(C)c32)[CH2][CH2]1.[Cl-].[Cl-]. The standard InChI is InChI=1S/2C24H23.C2H4.2ClH.Zr/c2*1-5-18-13-22-16(3)15(2)17(4)24(23(22)14-18)21-12-8-10-19-9-6-7-11-20(19)21;1-2;;;/h2*6-14H,5H2,1-4H3;1-2H2;2*1H;/q;;;;;+2/p-2. The maximum absolute atomic E-state index is 2.96. The summed E-state index contributed by atoms with van der Waals surface area (Å²) >= 11 is -2.96. The molecule has 2 atom stereocenters. The zero-order valence-corrected chi connectivity index (χ0v) is 36.4. The second kappa shape index (κ2) is 14.1. The largest absolute Gasteiger partial charge is 1.00 e. The molecular formula is C50H50Cl2Zr. The number of hydrogen-bond acceptors (Lipinski definition) is 0. The van der Waals surface area contributed by atoms with Crippen molar-refractivity contribution in [3.8, 4) is 22.3 Å². The van der Waals surface area contributed by atoms with E-state index >= 15 is 0 Å². The summed E-state index contributed by atoms with van der Waals surface area (Å²) in [6.07, 6.45) is 7.69. The number of fused-ring (bicyclic) bond motifs is 4. The summed E-state index contributed by atoms with van der Waals surface area (Å²) in [5.74, 6) is 0. The second-order valence-electron chi connectivity index (χ2n) is 16.0. The molecule has 2 unspecified atom stereocenters. The number of hydrogen-bond donors (Lipinski definition) is 0. The van der Waals surface area contributed by atoms with Gasteiger partial charge in [0, 0.05) is 0 Å². The summed E-state index contributed by atoms with van der Waals surface area (Å²) < 4.78 is 4.26. The summed E-state index contributed by atoms with van der Waals surface area (Å²) in [5, 5.41) is 5.40. The van der Waals surface area contributed by atoms with Crippen LogP contribution < -0.4 is 24.8 Å². The van der Waals surface area contributed by atoms with Gasteiger partial charge in [0.2, 0.25) is 0 Å².